The van der Waals surface area contributed by atoms with Gasteiger partial charge >= 0.3 is 6.18 Å². The van der Waals surface area contributed by atoms with Gasteiger partial charge in [-0.2, -0.15) is 18.3 Å². The Kier molecular flexibility index (Phi) is 6.02. The summed E-state index contributed by atoms with van der Waals surface area (Å²) in [7, 11) is 1.40. The molecule has 7 nitrogen and oxygen atoms in total. The first kappa shape index (κ1) is 23.3. The quantitative estimate of drug-likeness (QED) is 0.563. The average molecular weight is 500 g/mol. The van der Waals surface area contributed by atoms with Crippen molar-refractivity contribution in [3.8, 4) is 0 Å². The first-order valence-corrected chi connectivity index (χ1v) is 10.6. The molecule has 33 heavy (non-hydrogen) atoms. The van der Waals surface area contributed by atoms with Crippen LogP contribution < -0.4 is 4.90 Å². The Balaban J connectivity index is 1.81. The number of hydrogen-bond acceptors (Lipinski definition) is 5. The highest BCUT2D eigenvalue weighted by Crippen LogP contribution is 2.45. The number of aromatic nitrogens is 3. The smallest absolute Gasteiger partial charge is 0.350 e. The zero-order valence-electron chi connectivity index (χ0n) is 17.2. The molecule has 0 saturated carbocycles. The van der Waals surface area contributed by atoms with Crippen molar-refractivity contribution < 1.29 is 23.1 Å². The van der Waals surface area contributed by atoms with Gasteiger partial charge in [0.2, 0.25) is 0 Å². The van der Waals surface area contributed by atoms with Crippen LogP contribution in [-0.4, -0.2) is 44.3 Å². The fraction of sp³-hybridized carbons (Fsp3) is 0.286. The van der Waals surface area contributed by atoms with Gasteiger partial charge in [-0.15, -0.1) is 0 Å². The second-order valence-corrected chi connectivity index (χ2v) is 8.36. The van der Waals surface area contributed by atoms with Gasteiger partial charge in [0.05, 0.1) is 21.8 Å². The van der Waals surface area contributed by atoms with Crippen molar-refractivity contribution in [1.29, 1.82) is 0 Å². The Labute approximate surface area is 196 Å². The van der Waals surface area contributed by atoms with E-state index in [1.165, 1.54) is 47.7 Å². The molecule has 2 heterocycles. The molecule has 0 spiro atoms. The monoisotopic (exact) mass is 499 g/mol. The topological polar surface area (TPSA) is 74.5 Å². The predicted octanol–water partition coefficient (Wildman–Crippen LogP) is 4.39. The zero-order chi connectivity index (χ0) is 24.0. The van der Waals surface area contributed by atoms with E-state index in [9.17, 15) is 23.1 Å². The van der Waals surface area contributed by atoms with E-state index in [0.29, 0.717) is 18.0 Å². The lowest BCUT2D eigenvalue weighted by molar-refractivity contribution is -0.137. The lowest BCUT2D eigenvalue weighted by Crippen LogP contribution is -2.62. The standard InChI is InChI=1S/C21H18Cl2F3N5O2/c1-29-18-9-13(20(24,25)26)3-5-15(18)19(32)31(8-2-7-30-12-27-11-28-30)21(29,33)16-6-4-14(22)10-17(16)23/h3-6,9-12,33H,2,7-8H2,1H3. The van der Waals surface area contributed by atoms with Gasteiger partial charge in [-0.25, -0.2) is 4.98 Å². The fourth-order valence-electron chi connectivity index (χ4n) is 3.89. The van der Waals surface area contributed by atoms with Crippen molar-refractivity contribution in [2.45, 2.75) is 25.0 Å². The van der Waals surface area contributed by atoms with E-state index in [0.717, 1.165) is 18.2 Å². The summed E-state index contributed by atoms with van der Waals surface area (Å²) in [5, 5.41) is 16.3. The molecular formula is C21H18Cl2F3N5O2. The highest BCUT2D eigenvalue weighted by atomic mass is 35.5. The molecular weight excluding hydrogens is 482 g/mol. The van der Waals surface area contributed by atoms with Crippen LogP contribution in [0.4, 0.5) is 18.9 Å². The summed E-state index contributed by atoms with van der Waals surface area (Å²) >= 11 is 12.4. The maximum absolute atomic E-state index is 13.4. The van der Waals surface area contributed by atoms with Gasteiger partial charge in [0.25, 0.3) is 11.8 Å². The third kappa shape index (κ3) is 4.14. The number of alkyl halides is 3. The lowest BCUT2D eigenvalue weighted by atomic mass is 9.97. The molecule has 12 heteroatoms. The Bertz CT molecular complexity index is 1190. The number of nitrogens with zero attached hydrogens (tertiary/aromatic N) is 5. The minimum Gasteiger partial charge on any atom is -0.350 e. The largest absolute Gasteiger partial charge is 0.416 e. The molecule has 3 aromatic rings. The Morgan fingerprint density at radius 2 is 1.88 bits per heavy atom. The molecule has 1 N–H and O–H groups in total. The minimum absolute atomic E-state index is 0.0287. The first-order chi connectivity index (χ1) is 15.5. The zero-order valence-corrected chi connectivity index (χ0v) is 18.7. The molecule has 1 aliphatic heterocycles. The number of benzene rings is 2. The first-order valence-electron chi connectivity index (χ1n) is 9.81. The van der Waals surface area contributed by atoms with Crippen LogP contribution >= 0.6 is 23.2 Å². The normalized spacial score (nSPS) is 18.6. The number of anilines is 1. The van der Waals surface area contributed by atoms with Crippen molar-refractivity contribution in [3.63, 3.8) is 0 Å². The Hall–Kier alpha value is -2.82. The molecule has 0 bridgehead atoms. The molecule has 4 rings (SSSR count). The molecule has 1 aliphatic rings. The number of amides is 1. The van der Waals surface area contributed by atoms with E-state index < -0.39 is 23.5 Å². The van der Waals surface area contributed by atoms with E-state index in [4.69, 9.17) is 23.2 Å². The van der Waals surface area contributed by atoms with Crippen LogP contribution in [0.15, 0.2) is 49.1 Å². The highest BCUT2D eigenvalue weighted by Gasteiger charge is 2.50. The molecule has 174 valence electrons. The van der Waals surface area contributed by atoms with Crippen molar-refractivity contribution in [3.05, 3.63) is 75.8 Å². The van der Waals surface area contributed by atoms with Crippen LogP contribution in [-0.2, 0) is 18.6 Å². The number of hydrogen-bond donors (Lipinski definition) is 1. The number of halogens is 5. The number of carbonyl (C=O) groups is 1. The van der Waals surface area contributed by atoms with Crippen LogP contribution in [0, 0.1) is 0 Å². The van der Waals surface area contributed by atoms with Gasteiger partial charge in [0, 0.05) is 30.7 Å². The second kappa shape index (κ2) is 8.51. The maximum Gasteiger partial charge on any atom is 0.416 e. The van der Waals surface area contributed by atoms with Crippen LogP contribution in [0.1, 0.15) is 27.9 Å². The van der Waals surface area contributed by atoms with Crippen LogP contribution in [0.3, 0.4) is 0 Å². The van der Waals surface area contributed by atoms with E-state index in [-0.39, 0.29) is 28.4 Å². The molecule has 0 fully saturated rings. The van der Waals surface area contributed by atoms with Crippen LogP contribution in [0.25, 0.3) is 0 Å². The minimum atomic E-state index is -4.62. The third-order valence-corrected chi connectivity index (χ3v) is 6.08. The summed E-state index contributed by atoms with van der Waals surface area (Å²) in [6.07, 6.45) is -1.35. The predicted molar refractivity (Wildman–Crippen MR) is 116 cm³/mol. The molecule has 0 aliphatic carbocycles. The van der Waals surface area contributed by atoms with Crippen molar-refractivity contribution in [1.82, 2.24) is 19.7 Å². The summed E-state index contributed by atoms with van der Waals surface area (Å²) in [5.41, 5.74) is -0.879. The molecule has 1 amide bonds. The van der Waals surface area contributed by atoms with Gasteiger partial charge in [0.1, 0.15) is 12.7 Å². The second-order valence-electron chi connectivity index (χ2n) is 7.52. The molecule has 1 atom stereocenters. The van der Waals surface area contributed by atoms with E-state index in [2.05, 4.69) is 10.1 Å². The van der Waals surface area contributed by atoms with Crippen LogP contribution in [0.2, 0.25) is 10.0 Å². The highest BCUT2D eigenvalue weighted by molar-refractivity contribution is 6.35. The summed E-state index contributed by atoms with van der Waals surface area (Å²) < 4.78 is 41.6. The number of aliphatic hydroxyl groups is 1. The van der Waals surface area contributed by atoms with Crippen molar-refractivity contribution in [2.24, 2.45) is 0 Å². The summed E-state index contributed by atoms with van der Waals surface area (Å²) in [5.74, 6) is -2.80. The van der Waals surface area contributed by atoms with Gasteiger partial charge < -0.3 is 10.0 Å². The molecule has 1 unspecified atom stereocenters. The molecule has 0 saturated heterocycles. The SMILES string of the molecule is CN1c2cc(C(F)(F)F)ccc2C(=O)N(CCCn2cncn2)C1(O)c1ccc(Cl)cc1Cl. The van der Waals surface area contributed by atoms with Gasteiger partial charge in [-0.1, -0.05) is 23.2 Å². The third-order valence-electron chi connectivity index (χ3n) is 5.53. The van der Waals surface area contributed by atoms with Gasteiger partial charge in [0.15, 0.2) is 0 Å². The molecule has 2 aromatic carbocycles. The van der Waals surface area contributed by atoms with E-state index in [1.807, 2.05) is 0 Å². The van der Waals surface area contributed by atoms with E-state index in [1.54, 1.807) is 4.68 Å². The maximum atomic E-state index is 13.4. The number of rotatable bonds is 5. The summed E-state index contributed by atoms with van der Waals surface area (Å²) in [6.45, 7) is 0.455. The number of fused-ring (bicyclic) bond motifs is 1. The number of carbonyl (C=O) groups excluding carboxylic acids is 1. The van der Waals surface area contributed by atoms with Crippen LogP contribution in [0.5, 0.6) is 0 Å². The van der Waals surface area contributed by atoms with Crippen molar-refractivity contribution >= 4 is 34.8 Å². The summed E-state index contributed by atoms with van der Waals surface area (Å²) in [4.78, 5) is 19.7. The number of aryl methyl sites for hydroxylation is 1. The van der Waals surface area contributed by atoms with Gasteiger partial charge in [-0.3, -0.25) is 14.4 Å². The fourth-order valence-corrected chi connectivity index (χ4v) is 4.42. The lowest BCUT2D eigenvalue weighted by Gasteiger charge is -2.50. The Morgan fingerprint density at radius 3 is 2.52 bits per heavy atom. The Morgan fingerprint density at radius 1 is 1.12 bits per heavy atom. The van der Waals surface area contributed by atoms with Gasteiger partial charge in [-0.05, 0) is 42.8 Å². The molecule has 0 radical (unpaired) electrons. The average Bonchev–Trinajstić information content (AvgIpc) is 3.27. The summed E-state index contributed by atoms with van der Waals surface area (Å²) in [6, 6.07) is 7.12. The van der Waals surface area contributed by atoms with E-state index >= 15 is 0 Å². The van der Waals surface area contributed by atoms with Crippen molar-refractivity contribution in [2.75, 3.05) is 18.5 Å². The molecule has 1 aromatic heterocycles.